The fraction of sp³-hybridized carbons (Fsp3) is 0.273. The van der Waals surface area contributed by atoms with Gasteiger partial charge in [-0.2, -0.15) is 0 Å². The fourth-order valence-corrected chi connectivity index (χ4v) is 1.23. The molecular weight excluding hydrogens is 146 g/mol. The molecule has 1 heterocycles. The zero-order valence-electron chi connectivity index (χ0n) is 7.96. The van der Waals surface area contributed by atoms with E-state index in [0.717, 1.165) is 5.22 Å². The molecule has 1 heteroatoms. The van der Waals surface area contributed by atoms with Crippen LogP contribution in [0.1, 0.15) is 12.6 Å². The van der Waals surface area contributed by atoms with Crippen LogP contribution in [0, 0.1) is 6.92 Å². The number of allylic oxidation sites excluding steroid dienone is 2. The number of aromatic nitrogens is 1. The topological polar surface area (TPSA) is 4.93 Å². The molecule has 1 aromatic heterocycles. The molecule has 1 aromatic rings. The summed E-state index contributed by atoms with van der Waals surface area (Å²) < 4.78 is 2.14. The molecule has 0 N–H and O–H groups in total. The predicted octanol–water partition coefficient (Wildman–Crippen LogP) is 1.10. The van der Waals surface area contributed by atoms with Crippen molar-refractivity contribution < 1.29 is 0 Å². The van der Waals surface area contributed by atoms with Gasteiger partial charge in [-0.1, -0.05) is 18.7 Å². The Morgan fingerprint density at radius 1 is 1.50 bits per heavy atom. The third-order valence-corrected chi connectivity index (χ3v) is 2.05. The van der Waals surface area contributed by atoms with Gasteiger partial charge in [0.05, 0.1) is 0 Å². The van der Waals surface area contributed by atoms with E-state index in [9.17, 15) is 0 Å². The van der Waals surface area contributed by atoms with Crippen molar-refractivity contribution in [2.75, 3.05) is 0 Å². The van der Waals surface area contributed by atoms with Gasteiger partial charge in [-0.15, -0.1) is 0 Å². The van der Waals surface area contributed by atoms with Crippen LogP contribution in [0.3, 0.4) is 0 Å². The number of rotatable bonds is 1. The Balaban J connectivity index is 3.42. The highest BCUT2D eigenvalue weighted by Crippen LogP contribution is 1.85. The van der Waals surface area contributed by atoms with Gasteiger partial charge < -0.3 is 4.57 Å². The minimum Gasteiger partial charge on any atom is -0.348 e. The van der Waals surface area contributed by atoms with E-state index >= 15 is 0 Å². The Morgan fingerprint density at radius 2 is 2.17 bits per heavy atom. The summed E-state index contributed by atoms with van der Waals surface area (Å²) in [6.45, 7) is 8.06. The first kappa shape index (κ1) is 8.85. The van der Waals surface area contributed by atoms with Crippen molar-refractivity contribution in [1.82, 2.24) is 4.57 Å². The van der Waals surface area contributed by atoms with Crippen molar-refractivity contribution in [3.05, 3.63) is 34.5 Å². The van der Waals surface area contributed by atoms with Crippen LogP contribution in [-0.4, -0.2) is 4.57 Å². The zero-order valence-corrected chi connectivity index (χ0v) is 7.96. The number of aryl methyl sites for hydroxylation is 1. The predicted molar refractivity (Wildman–Crippen MR) is 54.2 cm³/mol. The van der Waals surface area contributed by atoms with E-state index in [4.69, 9.17) is 0 Å². The molecule has 0 aromatic carbocycles. The van der Waals surface area contributed by atoms with Crippen molar-refractivity contribution in [2.24, 2.45) is 7.05 Å². The lowest BCUT2D eigenvalue weighted by Crippen LogP contribution is -2.25. The van der Waals surface area contributed by atoms with Gasteiger partial charge in [-0.25, -0.2) is 0 Å². The molecule has 0 saturated heterocycles. The summed E-state index contributed by atoms with van der Waals surface area (Å²) in [7, 11) is 2.05. The second-order valence-electron chi connectivity index (χ2n) is 2.95. The fourth-order valence-electron chi connectivity index (χ4n) is 1.23. The molecule has 0 aliphatic rings. The average Bonchev–Trinajstić information content (AvgIpc) is 2.25. The van der Waals surface area contributed by atoms with Crippen LogP contribution in [-0.2, 0) is 7.05 Å². The summed E-state index contributed by atoms with van der Waals surface area (Å²) in [5.41, 5.74) is 1.25. The van der Waals surface area contributed by atoms with Gasteiger partial charge in [0.2, 0.25) is 0 Å². The maximum atomic E-state index is 3.97. The third kappa shape index (κ3) is 1.50. The monoisotopic (exact) mass is 161 g/mol. The minimum absolute atomic E-state index is 1.09. The van der Waals surface area contributed by atoms with Gasteiger partial charge in [-0.3, -0.25) is 0 Å². The molecule has 0 amide bonds. The summed E-state index contributed by atoms with van der Waals surface area (Å²) in [6, 6.07) is 2.09. The molecule has 0 aliphatic carbocycles. The third-order valence-electron chi connectivity index (χ3n) is 2.05. The lowest BCUT2D eigenvalue weighted by atomic mass is 10.4. The second kappa shape index (κ2) is 3.44. The van der Waals surface area contributed by atoms with E-state index in [1.807, 2.05) is 19.1 Å². The normalized spacial score (nSPS) is 13.1. The van der Waals surface area contributed by atoms with Gasteiger partial charge in [0.1, 0.15) is 0 Å². The van der Waals surface area contributed by atoms with Gasteiger partial charge in [0, 0.05) is 18.1 Å². The lowest BCUT2D eigenvalue weighted by molar-refractivity contribution is 0.849. The average molecular weight is 161 g/mol. The Bertz CT molecular complexity index is 393. The van der Waals surface area contributed by atoms with E-state index in [1.54, 1.807) is 0 Å². The van der Waals surface area contributed by atoms with Crippen LogP contribution in [0.5, 0.6) is 0 Å². The molecular formula is C11H15N. The highest BCUT2D eigenvalue weighted by Gasteiger charge is 1.92. The highest BCUT2D eigenvalue weighted by molar-refractivity contribution is 5.36. The Kier molecular flexibility index (Phi) is 2.54. The second-order valence-corrected chi connectivity index (χ2v) is 2.95. The molecule has 0 aliphatic heterocycles. The summed E-state index contributed by atoms with van der Waals surface area (Å²) >= 11 is 0. The van der Waals surface area contributed by atoms with Crippen molar-refractivity contribution in [1.29, 1.82) is 0 Å². The van der Waals surface area contributed by atoms with Gasteiger partial charge in [-0.05, 0) is 31.2 Å². The smallest absolute Gasteiger partial charge is 0.0473 e. The largest absolute Gasteiger partial charge is 0.348 e. The highest BCUT2D eigenvalue weighted by atomic mass is 14.9. The number of hydrogen-bond acceptors (Lipinski definition) is 0. The lowest BCUT2D eigenvalue weighted by Gasteiger charge is -1.93. The SMILES string of the molecule is C=c1cc(C)n(C)/c1=C/C=C\C. The van der Waals surface area contributed by atoms with Crippen molar-refractivity contribution >= 4 is 12.7 Å². The molecule has 0 radical (unpaired) electrons. The molecule has 64 valence electrons. The standard InChI is InChI=1S/C11H15N/c1-5-6-7-11-9(2)8-10(3)12(11)4/h5-8H,2H2,1,3-4H3/b6-5-,11-7+. The maximum absolute atomic E-state index is 3.97. The quantitative estimate of drug-likeness (QED) is 0.581. The van der Waals surface area contributed by atoms with Gasteiger partial charge >= 0.3 is 0 Å². The zero-order chi connectivity index (χ0) is 9.14. The van der Waals surface area contributed by atoms with Crippen LogP contribution in [0.25, 0.3) is 12.7 Å². The molecule has 0 spiro atoms. The molecule has 1 nitrogen and oxygen atoms in total. The van der Waals surface area contributed by atoms with Crippen molar-refractivity contribution in [3.8, 4) is 0 Å². The minimum atomic E-state index is 1.09. The Hall–Kier alpha value is -1.24. The number of nitrogens with zero attached hydrogens (tertiary/aromatic N) is 1. The van der Waals surface area contributed by atoms with Gasteiger partial charge in [0.15, 0.2) is 0 Å². The van der Waals surface area contributed by atoms with E-state index in [1.165, 1.54) is 11.0 Å². The first-order valence-electron chi connectivity index (χ1n) is 4.11. The van der Waals surface area contributed by atoms with E-state index < -0.39 is 0 Å². The van der Waals surface area contributed by atoms with Crippen LogP contribution in [0.15, 0.2) is 18.2 Å². The molecule has 12 heavy (non-hydrogen) atoms. The van der Waals surface area contributed by atoms with Crippen molar-refractivity contribution in [2.45, 2.75) is 13.8 Å². The molecule has 0 unspecified atom stereocenters. The summed E-state index contributed by atoms with van der Waals surface area (Å²) in [5, 5.41) is 2.28. The number of hydrogen-bond donors (Lipinski definition) is 0. The van der Waals surface area contributed by atoms with Crippen LogP contribution < -0.4 is 10.6 Å². The molecule has 0 fully saturated rings. The van der Waals surface area contributed by atoms with E-state index in [2.05, 4.69) is 37.3 Å². The van der Waals surface area contributed by atoms with Gasteiger partial charge in [0.25, 0.3) is 0 Å². The van der Waals surface area contributed by atoms with Crippen LogP contribution >= 0.6 is 0 Å². The Morgan fingerprint density at radius 3 is 2.58 bits per heavy atom. The summed E-state index contributed by atoms with van der Waals surface area (Å²) in [6.07, 6.45) is 6.13. The summed E-state index contributed by atoms with van der Waals surface area (Å²) in [4.78, 5) is 0. The molecule has 0 atom stereocenters. The van der Waals surface area contributed by atoms with E-state index in [-0.39, 0.29) is 0 Å². The molecule has 1 rings (SSSR count). The first-order valence-corrected chi connectivity index (χ1v) is 4.11. The molecule has 0 saturated carbocycles. The van der Waals surface area contributed by atoms with Crippen LogP contribution in [0.4, 0.5) is 0 Å². The first-order chi connectivity index (χ1) is 5.66. The Labute approximate surface area is 73.3 Å². The van der Waals surface area contributed by atoms with E-state index in [0.29, 0.717) is 0 Å². The summed E-state index contributed by atoms with van der Waals surface area (Å²) in [5.74, 6) is 0. The van der Waals surface area contributed by atoms with Crippen molar-refractivity contribution in [3.63, 3.8) is 0 Å². The van der Waals surface area contributed by atoms with Crippen LogP contribution in [0.2, 0.25) is 0 Å². The maximum Gasteiger partial charge on any atom is 0.0473 e. The molecule has 0 bridgehead atoms.